The summed E-state index contributed by atoms with van der Waals surface area (Å²) in [7, 11) is 2.15. The molecule has 0 aliphatic carbocycles. The quantitative estimate of drug-likeness (QED) is 0.615. The second kappa shape index (κ2) is 10.6. The third kappa shape index (κ3) is 5.48. The number of benzene rings is 1. The molecule has 4 rings (SSSR count). The topological polar surface area (TPSA) is 65.0 Å². The molecule has 2 fully saturated rings. The minimum Gasteiger partial charge on any atom is -0.494 e. The van der Waals surface area contributed by atoms with Gasteiger partial charge in [-0.2, -0.15) is 0 Å². The summed E-state index contributed by atoms with van der Waals surface area (Å²) in [5, 5.41) is 0. The molecule has 0 radical (unpaired) electrons. The number of nitrogens with zero attached hydrogens (tertiary/aromatic N) is 6. The first-order valence-electron chi connectivity index (χ1n) is 11.7. The fourth-order valence-corrected chi connectivity index (χ4v) is 4.07. The van der Waals surface area contributed by atoms with Crippen LogP contribution >= 0.6 is 0 Å². The van der Waals surface area contributed by atoms with Crippen LogP contribution < -0.4 is 14.5 Å². The van der Waals surface area contributed by atoms with Gasteiger partial charge in [-0.1, -0.05) is 13.3 Å². The van der Waals surface area contributed by atoms with Gasteiger partial charge in [0.1, 0.15) is 23.7 Å². The Morgan fingerprint density at radius 1 is 0.906 bits per heavy atom. The van der Waals surface area contributed by atoms with Gasteiger partial charge in [0.2, 0.25) is 0 Å². The molecular weight excluding hydrogens is 404 g/mol. The Kier molecular flexibility index (Phi) is 7.42. The molecule has 0 spiro atoms. The van der Waals surface area contributed by atoms with Crippen LogP contribution in [-0.4, -0.2) is 91.7 Å². The number of piperazine rings is 2. The Morgan fingerprint density at radius 3 is 2.09 bits per heavy atom. The number of likely N-dealkylation sites (N-methyl/N-ethyl adjacent to an activating group) is 1. The van der Waals surface area contributed by atoms with Crippen molar-refractivity contribution >= 4 is 17.5 Å². The van der Waals surface area contributed by atoms with Crippen LogP contribution in [0.15, 0.2) is 36.7 Å². The molecule has 0 bridgehead atoms. The van der Waals surface area contributed by atoms with Crippen LogP contribution in [0.5, 0.6) is 5.75 Å². The van der Waals surface area contributed by atoms with E-state index in [1.165, 1.54) is 0 Å². The number of anilines is 2. The van der Waals surface area contributed by atoms with E-state index in [4.69, 9.17) is 4.74 Å². The lowest BCUT2D eigenvalue weighted by molar-refractivity contribution is 0.0746. The van der Waals surface area contributed by atoms with Crippen molar-refractivity contribution in [3.63, 3.8) is 0 Å². The van der Waals surface area contributed by atoms with Crippen LogP contribution in [0.2, 0.25) is 0 Å². The van der Waals surface area contributed by atoms with Gasteiger partial charge in [-0.25, -0.2) is 9.97 Å². The lowest BCUT2D eigenvalue weighted by atomic mass is 10.1. The molecule has 0 atom stereocenters. The molecule has 0 saturated carbocycles. The fourth-order valence-electron chi connectivity index (χ4n) is 4.07. The van der Waals surface area contributed by atoms with E-state index in [9.17, 15) is 4.79 Å². The number of amides is 1. The number of carbonyl (C=O) groups is 1. The largest absolute Gasteiger partial charge is 0.494 e. The van der Waals surface area contributed by atoms with Crippen molar-refractivity contribution in [3.05, 3.63) is 42.2 Å². The predicted octanol–water partition coefficient (Wildman–Crippen LogP) is 2.37. The third-order valence-electron chi connectivity index (χ3n) is 6.22. The zero-order chi connectivity index (χ0) is 22.3. The summed E-state index contributed by atoms with van der Waals surface area (Å²) in [6.45, 7) is 9.82. The van der Waals surface area contributed by atoms with Crippen molar-refractivity contribution in [2.45, 2.75) is 19.8 Å². The van der Waals surface area contributed by atoms with Crippen LogP contribution in [0, 0.1) is 0 Å². The van der Waals surface area contributed by atoms with Crippen LogP contribution in [0.3, 0.4) is 0 Å². The number of aromatic nitrogens is 2. The molecule has 0 unspecified atom stereocenters. The van der Waals surface area contributed by atoms with Gasteiger partial charge >= 0.3 is 0 Å². The number of unbranched alkanes of at least 4 members (excludes halogenated alkanes) is 1. The van der Waals surface area contributed by atoms with E-state index in [-0.39, 0.29) is 5.91 Å². The highest BCUT2D eigenvalue weighted by atomic mass is 16.5. The monoisotopic (exact) mass is 438 g/mol. The van der Waals surface area contributed by atoms with E-state index in [0.29, 0.717) is 25.3 Å². The maximum absolute atomic E-state index is 12.9. The minimum atomic E-state index is 0.0746. The average molecular weight is 439 g/mol. The van der Waals surface area contributed by atoms with E-state index in [2.05, 4.69) is 44.7 Å². The van der Waals surface area contributed by atoms with Crippen molar-refractivity contribution in [2.75, 3.05) is 75.8 Å². The highest BCUT2D eigenvalue weighted by Crippen LogP contribution is 2.21. The fraction of sp³-hybridized carbons (Fsp3) is 0.542. The van der Waals surface area contributed by atoms with E-state index in [0.717, 1.165) is 69.5 Å². The lowest BCUT2D eigenvalue weighted by Crippen LogP contribution is -2.49. The van der Waals surface area contributed by atoms with Gasteiger partial charge in [0.15, 0.2) is 0 Å². The molecule has 32 heavy (non-hydrogen) atoms. The first-order chi connectivity index (χ1) is 15.6. The highest BCUT2D eigenvalue weighted by molar-refractivity contribution is 5.94. The summed E-state index contributed by atoms with van der Waals surface area (Å²) in [4.78, 5) is 30.7. The van der Waals surface area contributed by atoms with Gasteiger partial charge in [0.05, 0.1) is 6.61 Å². The zero-order valence-electron chi connectivity index (χ0n) is 19.2. The number of hydrogen-bond acceptors (Lipinski definition) is 7. The maximum Gasteiger partial charge on any atom is 0.253 e. The van der Waals surface area contributed by atoms with Crippen LogP contribution in [0.25, 0.3) is 0 Å². The molecule has 0 N–H and O–H groups in total. The summed E-state index contributed by atoms with van der Waals surface area (Å²) >= 11 is 0. The zero-order valence-corrected chi connectivity index (χ0v) is 19.2. The van der Waals surface area contributed by atoms with Gasteiger partial charge in [-0.15, -0.1) is 0 Å². The van der Waals surface area contributed by atoms with Crippen molar-refractivity contribution in [3.8, 4) is 5.75 Å². The molecule has 172 valence electrons. The van der Waals surface area contributed by atoms with Gasteiger partial charge < -0.3 is 24.3 Å². The Balaban J connectivity index is 1.31. The van der Waals surface area contributed by atoms with Crippen LogP contribution in [-0.2, 0) is 0 Å². The first kappa shape index (κ1) is 22.3. The second-order valence-corrected chi connectivity index (χ2v) is 8.53. The smallest absolute Gasteiger partial charge is 0.253 e. The first-order valence-corrected chi connectivity index (χ1v) is 11.7. The summed E-state index contributed by atoms with van der Waals surface area (Å²) in [5.41, 5.74) is 0.709. The van der Waals surface area contributed by atoms with Crippen molar-refractivity contribution < 1.29 is 9.53 Å². The summed E-state index contributed by atoms with van der Waals surface area (Å²) in [6.07, 6.45) is 3.80. The molecule has 1 aromatic heterocycles. The standard InChI is InChI=1S/C24H34N6O2/c1-3-4-17-32-21-7-5-20(6-8-21)24(31)30-15-13-29(14-16-30)23-18-22(25-19-26-23)28-11-9-27(2)10-12-28/h5-8,18-19H,3-4,9-17H2,1-2H3. The van der Waals surface area contributed by atoms with E-state index < -0.39 is 0 Å². The van der Waals surface area contributed by atoms with Gasteiger partial charge in [0, 0.05) is 64.0 Å². The third-order valence-corrected chi connectivity index (χ3v) is 6.22. The van der Waals surface area contributed by atoms with E-state index in [1.54, 1.807) is 6.33 Å². The number of hydrogen-bond donors (Lipinski definition) is 0. The lowest BCUT2D eigenvalue weighted by Gasteiger charge is -2.36. The van der Waals surface area contributed by atoms with Crippen LogP contribution in [0.4, 0.5) is 11.6 Å². The predicted molar refractivity (Wildman–Crippen MR) is 127 cm³/mol. The minimum absolute atomic E-state index is 0.0746. The number of ether oxygens (including phenoxy) is 1. The summed E-state index contributed by atoms with van der Waals surface area (Å²) < 4.78 is 5.70. The number of rotatable bonds is 7. The van der Waals surface area contributed by atoms with Gasteiger partial charge in [0.25, 0.3) is 5.91 Å². The Morgan fingerprint density at radius 2 is 1.50 bits per heavy atom. The number of carbonyl (C=O) groups excluding carboxylic acids is 1. The van der Waals surface area contributed by atoms with Crippen molar-refractivity contribution in [2.24, 2.45) is 0 Å². The second-order valence-electron chi connectivity index (χ2n) is 8.53. The van der Waals surface area contributed by atoms with Gasteiger partial charge in [-0.05, 0) is 37.7 Å². The van der Waals surface area contributed by atoms with Crippen LogP contribution in [0.1, 0.15) is 30.1 Å². The highest BCUT2D eigenvalue weighted by Gasteiger charge is 2.24. The molecule has 3 heterocycles. The van der Waals surface area contributed by atoms with E-state index >= 15 is 0 Å². The Hall–Kier alpha value is -2.87. The normalized spacial score (nSPS) is 17.5. The average Bonchev–Trinajstić information content (AvgIpc) is 2.85. The summed E-state index contributed by atoms with van der Waals surface area (Å²) in [6, 6.07) is 9.59. The SMILES string of the molecule is CCCCOc1ccc(C(=O)N2CCN(c3cc(N4CCN(C)CC4)ncn3)CC2)cc1. The Bertz CT molecular complexity index is 874. The molecule has 1 aromatic carbocycles. The molecule has 8 heteroatoms. The van der Waals surface area contributed by atoms with Crippen molar-refractivity contribution in [1.82, 2.24) is 19.8 Å². The molecule has 2 aromatic rings. The molecular formula is C24H34N6O2. The summed E-state index contributed by atoms with van der Waals surface area (Å²) in [5.74, 6) is 2.82. The van der Waals surface area contributed by atoms with Gasteiger partial charge in [-0.3, -0.25) is 4.79 Å². The van der Waals surface area contributed by atoms with Crippen molar-refractivity contribution in [1.29, 1.82) is 0 Å². The molecule has 2 aliphatic heterocycles. The Labute approximate surface area is 190 Å². The molecule has 2 aliphatic rings. The maximum atomic E-state index is 12.9. The molecule has 2 saturated heterocycles. The molecule has 8 nitrogen and oxygen atoms in total. The molecule has 1 amide bonds. The van der Waals surface area contributed by atoms with E-state index in [1.807, 2.05) is 29.2 Å².